The summed E-state index contributed by atoms with van der Waals surface area (Å²) in [7, 11) is 0. The summed E-state index contributed by atoms with van der Waals surface area (Å²) in [5.74, 6) is 0.446. The lowest BCUT2D eigenvalue weighted by Gasteiger charge is -1.97. The van der Waals surface area contributed by atoms with Crippen LogP contribution in [0.25, 0.3) is 33.8 Å². The first-order chi connectivity index (χ1) is 11.3. The highest BCUT2D eigenvalue weighted by molar-refractivity contribution is 5.82. The second kappa shape index (κ2) is 5.42. The van der Waals surface area contributed by atoms with Gasteiger partial charge in [0.1, 0.15) is 11.2 Å². The minimum atomic E-state index is 0.338. The molecule has 0 aliphatic rings. The molecule has 6 nitrogen and oxygen atoms in total. The third kappa shape index (κ3) is 2.46. The lowest BCUT2D eigenvalue weighted by molar-refractivity contribution is 0.111. The average molecular weight is 302 g/mol. The molecule has 110 valence electrons. The van der Waals surface area contributed by atoms with Crippen molar-refractivity contribution in [3.63, 3.8) is 0 Å². The van der Waals surface area contributed by atoms with Crippen LogP contribution >= 0.6 is 0 Å². The van der Waals surface area contributed by atoms with Gasteiger partial charge in [0.05, 0.1) is 11.9 Å². The lowest BCUT2D eigenvalue weighted by Crippen LogP contribution is -1.87. The summed E-state index contributed by atoms with van der Waals surface area (Å²) < 4.78 is 5.75. The molecule has 0 aliphatic heterocycles. The maximum absolute atomic E-state index is 10.8. The maximum atomic E-state index is 10.8. The molecule has 0 N–H and O–H groups in total. The van der Waals surface area contributed by atoms with Crippen molar-refractivity contribution in [1.29, 1.82) is 0 Å². The molecule has 0 saturated carbocycles. The zero-order valence-electron chi connectivity index (χ0n) is 11.9. The SMILES string of the molecule is O=Cc1cc(-c2nc3cc(-c4cnccn4)ccc3o2)ccn1. The Kier molecular flexibility index (Phi) is 3.12. The molecular weight excluding hydrogens is 292 g/mol. The van der Waals surface area contributed by atoms with Crippen molar-refractivity contribution in [2.45, 2.75) is 0 Å². The van der Waals surface area contributed by atoms with Crippen LogP contribution in [0.1, 0.15) is 10.5 Å². The molecule has 4 rings (SSSR count). The molecule has 0 atom stereocenters. The largest absolute Gasteiger partial charge is 0.436 e. The Morgan fingerprint density at radius 1 is 0.957 bits per heavy atom. The van der Waals surface area contributed by atoms with Crippen LogP contribution in [0.5, 0.6) is 0 Å². The monoisotopic (exact) mass is 302 g/mol. The van der Waals surface area contributed by atoms with E-state index in [0.29, 0.717) is 34.5 Å². The summed E-state index contributed by atoms with van der Waals surface area (Å²) in [5, 5.41) is 0. The van der Waals surface area contributed by atoms with Crippen LogP contribution in [0.3, 0.4) is 0 Å². The molecule has 0 amide bonds. The van der Waals surface area contributed by atoms with Crippen LogP contribution in [0.4, 0.5) is 0 Å². The van der Waals surface area contributed by atoms with Crippen LogP contribution in [-0.2, 0) is 0 Å². The fourth-order valence-corrected chi connectivity index (χ4v) is 2.30. The Hall–Kier alpha value is -3.41. The van der Waals surface area contributed by atoms with E-state index in [9.17, 15) is 4.79 Å². The molecule has 0 bridgehead atoms. The Bertz CT molecular complexity index is 996. The third-order valence-corrected chi connectivity index (χ3v) is 3.40. The summed E-state index contributed by atoms with van der Waals surface area (Å²) in [4.78, 5) is 27.6. The van der Waals surface area contributed by atoms with Gasteiger partial charge in [-0.1, -0.05) is 0 Å². The Morgan fingerprint density at radius 2 is 1.91 bits per heavy atom. The van der Waals surface area contributed by atoms with Gasteiger partial charge in [-0.3, -0.25) is 19.7 Å². The first-order valence-corrected chi connectivity index (χ1v) is 6.92. The standard InChI is InChI=1S/C17H10N4O2/c22-10-13-7-12(3-4-19-13)17-21-14-8-11(1-2-16(14)23-17)15-9-18-5-6-20-15/h1-10H. The van der Waals surface area contributed by atoms with Crippen molar-refractivity contribution >= 4 is 17.4 Å². The van der Waals surface area contributed by atoms with Crippen molar-refractivity contribution in [3.05, 3.63) is 60.8 Å². The first kappa shape index (κ1) is 13.3. The predicted octanol–water partition coefficient (Wildman–Crippen LogP) is 3.16. The second-order valence-corrected chi connectivity index (χ2v) is 4.88. The van der Waals surface area contributed by atoms with Crippen molar-refractivity contribution in [3.8, 4) is 22.7 Å². The summed E-state index contributed by atoms with van der Waals surface area (Å²) in [6, 6.07) is 9.04. The highest BCUT2D eigenvalue weighted by Crippen LogP contribution is 2.27. The van der Waals surface area contributed by atoms with Crippen LogP contribution in [0.15, 0.2) is 59.5 Å². The Balaban J connectivity index is 1.80. The summed E-state index contributed by atoms with van der Waals surface area (Å²) in [6.07, 6.45) is 7.22. The molecule has 23 heavy (non-hydrogen) atoms. The normalized spacial score (nSPS) is 10.8. The van der Waals surface area contributed by atoms with Crippen molar-refractivity contribution in [2.24, 2.45) is 0 Å². The number of pyridine rings is 1. The summed E-state index contributed by atoms with van der Waals surface area (Å²) in [5.41, 5.74) is 4.11. The fourth-order valence-electron chi connectivity index (χ4n) is 2.30. The van der Waals surface area contributed by atoms with Gasteiger partial charge in [0, 0.05) is 29.7 Å². The van der Waals surface area contributed by atoms with Crippen molar-refractivity contribution in [1.82, 2.24) is 19.9 Å². The molecule has 0 spiro atoms. The molecule has 0 radical (unpaired) electrons. The van der Waals surface area contributed by atoms with Crippen LogP contribution in [0, 0.1) is 0 Å². The molecule has 0 aliphatic carbocycles. The summed E-state index contributed by atoms with van der Waals surface area (Å²) in [6.45, 7) is 0. The van der Waals surface area contributed by atoms with E-state index in [4.69, 9.17) is 4.42 Å². The smallest absolute Gasteiger partial charge is 0.227 e. The zero-order valence-corrected chi connectivity index (χ0v) is 11.9. The third-order valence-electron chi connectivity index (χ3n) is 3.40. The van der Waals surface area contributed by atoms with E-state index < -0.39 is 0 Å². The van der Waals surface area contributed by atoms with E-state index in [1.54, 1.807) is 36.9 Å². The molecular formula is C17H10N4O2. The van der Waals surface area contributed by atoms with E-state index in [0.717, 1.165) is 11.3 Å². The number of nitrogens with zero attached hydrogens (tertiary/aromatic N) is 4. The van der Waals surface area contributed by atoms with Crippen LogP contribution in [-0.4, -0.2) is 26.2 Å². The predicted molar refractivity (Wildman–Crippen MR) is 83.7 cm³/mol. The molecule has 6 heteroatoms. The number of rotatable bonds is 3. The minimum absolute atomic E-state index is 0.338. The topological polar surface area (TPSA) is 81.8 Å². The van der Waals surface area contributed by atoms with E-state index in [1.807, 2.05) is 18.2 Å². The number of benzene rings is 1. The second-order valence-electron chi connectivity index (χ2n) is 4.88. The number of hydrogen-bond acceptors (Lipinski definition) is 6. The molecule has 4 aromatic rings. The molecule has 3 heterocycles. The number of hydrogen-bond donors (Lipinski definition) is 0. The van der Waals surface area contributed by atoms with Gasteiger partial charge in [0.15, 0.2) is 11.9 Å². The number of oxazole rings is 1. The highest BCUT2D eigenvalue weighted by Gasteiger charge is 2.10. The van der Waals surface area contributed by atoms with E-state index >= 15 is 0 Å². The fraction of sp³-hybridized carbons (Fsp3) is 0. The molecule has 1 aromatic carbocycles. The van der Waals surface area contributed by atoms with E-state index in [2.05, 4.69) is 19.9 Å². The van der Waals surface area contributed by atoms with Gasteiger partial charge in [0.2, 0.25) is 5.89 Å². The van der Waals surface area contributed by atoms with Crippen LogP contribution < -0.4 is 0 Å². The van der Waals surface area contributed by atoms with Gasteiger partial charge < -0.3 is 4.42 Å². The van der Waals surface area contributed by atoms with E-state index in [1.165, 1.54) is 0 Å². The minimum Gasteiger partial charge on any atom is -0.436 e. The average Bonchev–Trinajstić information content (AvgIpc) is 3.06. The maximum Gasteiger partial charge on any atom is 0.227 e. The van der Waals surface area contributed by atoms with Crippen molar-refractivity contribution < 1.29 is 9.21 Å². The van der Waals surface area contributed by atoms with E-state index in [-0.39, 0.29) is 0 Å². The molecule has 0 saturated heterocycles. The van der Waals surface area contributed by atoms with Gasteiger partial charge in [-0.05, 0) is 30.3 Å². The van der Waals surface area contributed by atoms with Gasteiger partial charge >= 0.3 is 0 Å². The Labute approximate surface area is 130 Å². The van der Waals surface area contributed by atoms with Gasteiger partial charge in [-0.2, -0.15) is 0 Å². The molecule has 0 fully saturated rings. The number of fused-ring (bicyclic) bond motifs is 1. The van der Waals surface area contributed by atoms with Gasteiger partial charge in [0.25, 0.3) is 0 Å². The first-order valence-electron chi connectivity index (χ1n) is 6.92. The lowest BCUT2D eigenvalue weighted by atomic mass is 10.1. The molecule has 0 unspecified atom stereocenters. The van der Waals surface area contributed by atoms with Gasteiger partial charge in [-0.25, -0.2) is 4.98 Å². The Morgan fingerprint density at radius 3 is 2.74 bits per heavy atom. The zero-order chi connectivity index (χ0) is 15.6. The molecule has 3 aromatic heterocycles. The summed E-state index contributed by atoms with van der Waals surface area (Å²) >= 11 is 0. The van der Waals surface area contributed by atoms with Crippen molar-refractivity contribution in [2.75, 3.05) is 0 Å². The number of aldehydes is 1. The highest BCUT2D eigenvalue weighted by atomic mass is 16.3. The quantitative estimate of drug-likeness (QED) is 0.541. The number of aromatic nitrogens is 4. The van der Waals surface area contributed by atoms with Gasteiger partial charge in [-0.15, -0.1) is 0 Å². The number of carbonyl (C=O) groups is 1. The number of carbonyl (C=O) groups excluding carboxylic acids is 1. The van der Waals surface area contributed by atoms with Crippen LogP contribution in [0.2, 0.25) is 0 Å².